The second-order valence-electron chi connectivity index (χ2n) is 8.23. The number of halogens is 4. The van der Waals surface area contributed by atoms with E-state index < -0.39 is 15.8 Å². The number of sulfonamides is 1. The third-order valence-corrected chi connectivity index (χ3v) is 8.67. The van der Waals surface area contributed by atoms with Crippen LogP contribution in [0.1, 0.15) is 23.3 Å². The molecular weight excluding hydrogens is 608 g/mol. The number of amides is 1. The summed E-state index contributed by atoms with van der Waals surface area (Å²) in [5.74, 6) is -0.284. The number of rotatable bonds is 11. The van der Waals surface area contributed by atoms with Gasteiger partial charge in [0.2, 0.25) is 5.91 Å². The summed E-state index contributed by atoms with van der Waals surface area (Å²) in [5, 5.41) is 3.80. The molecule has 4 rings (SSSR count). The minimum atomic E-state index is -3.92. The number of nitrogens with one attached hydrogen (secondary N) is 2. The Morgan fingerprint density at radius 2 is 1.82 bits per heavy atom. The van der Waals surface area contributed by atoms with E-state index in [-0.39, 0.29) is 34.0 Å². The molecule has 0 bridgehead atoms. The maximum atomic E-state index is 13.7. The van der Waals surface area contributed by atoms with Crippen molar-refractivity contribution in [3.05, 3.63) is 98.2 Å². The summed E-state index contributed by atoms with van der Waals surface area (Å²) in [6.45, 7) is 0.283. The molecule has 0 saturated carbocycles. The molecule has 0 unspecified atom stereocenters. The van der Waals surface area contributed by atoms with Gasteiger partial charge < -0.3 is 10.1 Å². The fourth-order valence-electron chi connectivity index (χ4n) is 3.43. The summed E-state index contributed by atoms with van der Waals surface area (Å²) >= 11 is 19.0. The number of hydrogen-bond acceptors (Lipinski definition) is 6. The Bertz CT molecular complexity index is 1580. The minimum absolute atomic E-state index is 0.00123. The van der Waals surface area contributed by atoms with E-state index in [0.717, 1.165) is 11.3 Å². The van der Waals surface area contributed by atoms with E-state index in [2.05, 4.69) is 15.0 Å². The van der Waals surface area contributed by atoms with Crippen LogP contribution in [0.25, 0.3) is 0 Å². The Balaban J connectivity index is 1.27. The molecule has 0 aliphatic rings. The molecule has 0 atom stereocenters. The maximum Gasteiger partial charge on any atom is 0.263 e. The highest BCUT2D eigenvalue weighted by atomic mass is 35.5. The lowest BCUT2D eigenvalue weighted by Crippen LogP contribution is -2.14. The van der Waals surface area contributed by atoms with Crippen LogP contribution in [0.3, 0.4) is 0 Å². The Hall–Kier alpha value is -2.89. The number of hydrogen-bond donors (Lipinski definition) is 2. The van der Waals surface area contributed by atoms with Gasteiger partial charge in [-0.25, -0.2) is 17.8 Å². The number of benzene rings is 3. The van der Waals surface area contributed by atoms with Crippen LogP contribution in [0, 0.1) is 5.82 Å². The highest BCUT2D eigenvalue weighted by molar-refractivity contribution is 7.93. The zero-order valence-electron chi connectivity index (χ0n) is 20.1. The van der Waals surface area contributed by atoms with E-state index in [1.54, 1.807) is 30.3 Å². The van der Waals surface area contributed by atoms with Crippen LogP contribution in [-0.2, 0) is 21.2 Å². The molecule has 1 heterocycles. The molecular formula is C26H21Cl3FN3O4S2. The van der Waals surface area contributed by atoms with Crippen LogP contribution in [0.4, 0.5) is 15.2 Å². The molecule has 0 aliphatic heterocycles. The third-order valence-electron chi connectivity index (χ3n) is 5.32. The summed E-state index contributed by atoms with van der Waals surface area (Å²) in [4.78, 5) is 17.1. The van der Waals surface area contributed by atoms with Crippen molar-refractivity contribution in [1.29, 1.82) is 0 Å². The molecule has 1 amide bonds. The first-order valence-electron chi connectivity index (χ1n) is 11.5. The molecule has 13 heteroatoms. The van der Waals surface area contributed by atoms with Crippen molar-refractivity contribution in [3.8, 4) is 5.75 Å². The normalized spacial score (nSPS) is 11.3. The lowest BCUT2D eigenvalue weighted by molar-refractivity contribution is -0.116. The average Bonchev–Trinajstić information content (AvgIpc) is 3.32. The molecule has 1 aromatic heterocycles. The fourth-order valence-corrected chi connectivity index (χ4v) is 6.16. The molecule has 3 aromatic carbocycles. The van der Waals surface area contributed by atoms with Crippen LogP contribution in [0.15, 0.2) is 71.8 Å². The first kappa shape index (κ1) is 29.1. The lowest BCUT2D eigenvalue weighted by atomic mass is 10.1. The summed E-state index contributed by atoms with van der Waals surface area (Å²) in [6, 6.07) is 15.2. The van der Waals surface area contributed by atoms with Gasteiger partial charge in [-0.05, 0) is 60.5 Å². The van der Waals surface area contributed by atoms with Gasteiger partial charge in [-0.2, -0.15) is 0 Å². The third kappa shape index (κ3) is 8.06. The highest BCUT2D eigenvalue weighted by Gasteiger charge is 2.17. The second-order valence-corrected chi connectivity index (χ2v) is 12.2. The predicted molar refractivity (Wildman–Crippen MR) is 153 cm³/mol. The van der Waals surface area contributed by atoms with Crippen molar-refractivity contribution in [3.63, 3.8) is 0 Å². The molecule has 7 nitrogen and oxygen atoms in total. The van der Waals surface area contributed by atoms with Gasteiger partial charge in [0.1, 0.15) is 11.6 Å². The molecule has 0 aliphatic carbocycles. The van der Waals surface area contributed by atoms with Crippen LogP contribution in [0.5, 0.6) is 5.75 Å². The molecule has 0 radical (unpaired) electrons. The van der Waals surface area contributed by atoms with Crippen molar-refractivity contribution in [1.82, 2.24) is 4.98 Å². The van der Waals surface area contributed by atoms with Gasteiger partial charge in [0, 0.05) is 34.6 Å². The first-order valence-corrected chi connectivity index (χ1v) is 14.9. The number of anilines is 2. The molecule has 0 fully saturated rings. The molecule has 4 aromatic rings. The van der Waals surface area contributed by atoms with Crippen molar-refractivity contribution in [2.75, 3.05) is 16.6 Å². The monoisotopic (exact) mass is 627 g/mol. The number of ether oxygens (including phenoxy) is 1. The van der Waals surface area contributed by atoms with Gasteiger partial charge in [-0.1, -0.05) is 46.9 Å². The van der Waals surface area contributed by atoms with Crippen molar-refractivity contribution in [2.24, 2.45) is 0 Å². The standard InChI is InChI=1S/C26H21Cl3FN3O4S2/c27-17-6-11-23(21(28)14-17)37-12-2-5-24(34)32-18-7-9-20(10-8-18)39(35,36)33-26-31-15-19(38-26)13-16-3-1-4-22(30)25(16)29/h1,3-4,6-11,14-15H,2,5,12-13H2,(H,31,33)(H,32,34). The Labute approximate surface area is 243 Å². The molecule has 2 N–H and O–H groups in total. The Kier molecular flexibility index (Phi) is 9.68. The smallest absolute Gasteiger partial charge is 0.263 e. The average molecular weight is 629 g/mol. The summed E-state index contributed by atoms with van der Waals surface area (Å²) < 4.78 is 47.3. The maximum absolute atomic E-state index is 13.7. The molecule has 0 spiro atoms. The van der Waals surface area contributed by atoms with Gasteiger partial charge in [0.25, 0.3) is 10.0 Å². The van der Waals surface area contributed by atoms with Crippen molar-refractivity contribution < 1.29 is 22.3 Å². The van der Waals surface area contributed by atoms with Crippen LogP contribution < -0.4 is 14.8 Å². The van der Waals surface area contributed by atoms with E-state index in [1.165, 1.54) is 36.5 Å². The first-order chi connectivity index (χ1) is 18.6. The SMILES string of the molecule is O=C(CCCOc1ccc(Cl)cc1Cl)Nc1ccc(S(=O)(=O)Nc2ncc(Cc3cccc(F)c3Cl)s2)cc1. The van der Waals surface area contributed by atoms with Crippen LogP contribution in [0.2, 0.25) is 15.1 Å². The van der Waals surface area contributed by atoms with E-state index in [4.69, 9.17) is 39.5 Å². The summed E-state index contributed by atoms with van der Waals surface area (Å²) in [5.41, 5.74) is 1.02. The van der Waals surface area contributed by atoms with E-state index in [1.807, 2.05) is 0 Å². The Morgan fingerprint density at radius 1 is 1.05 bits per heavy atom. The summed E-state index contributed by atoms with van der Waals surface area (Å²) in [7, 11) is -3.92. The van der Waals surface area contributed by atoms with E-state index in [9.17, 15) is 17.6 Å². The van der Waals surface area contributed by atoms with Crippen LogP contribution >= 0.6 is 46.1 Å². The highest BCUT2D eigenvalue weighted by Crippen LogP contribution is 2.29. The fraction of sp³-hybridized carbons (Fsp3) is 0.154. The van der Waals surface area contributed by atoms with E-state index >= 15 is 0 Å². The largest absolute Gasteiger partial charge is 0.492 e. The van der Waals surface area contributed by atoms with Gasteiger partial charge in [-0.3, -0.25) is 9.52 Å². The van der Waals surface area contributed by atoms with E-state index in [0.29, 0.717) is 44.8 Å². The second kappa shape index (κ2) is 13.0. The molecule has 0 saturated heterocycles. The Morgan fingerprint density at radius 3 is 2.56 bits per heavy atom. The topological polar surface area (TPSA) is 97.4 Å². The van der Waals surface area contributed by atoms with Crippen molar-refractivity contribution >= 4 is 72.9 Å². The number of aromatic nitrogens is 1. The van der Waals surface area contributed by atoms with Crippen molar-refractivity contribution in [2.45, 2.75) is 24.2 Å². The molecule has 204 valence electrons. The van der Waals surface area contributed by atoms with Crippen LogP contribution in [-0.4, -0.2) is 25.9 Å². The number of thiazole rings is 1. The minimum Gasteiger partial charge on any atom is -0.492 e. The zero-order valence-corrected chi connectivity index (χ0v) is 24.0. The van der Waals surface area contributed by atoms with Gasteiger partial charge in [-0.15, -0.1) is 11.3 Å². The quantitative estimate of drug-likeness (QED) is 0.168. The lowest BCUT2D eigenvalue weighted by Gasteiger charge is -2.09. The van der Waals surface area contributed by atoms with Gasteiger partial charge in [0.15, 0.2) is 5.13 Å². The summed E-state index contributed by atoms with van der Waals surface area (Å²) in [6.07, 6.45) is 2.46. The number of nitrogens with zero attached hydrogens (tertiary/aromatic N) is 1. The zero-order chi connectivity index (χ0) is 28.0. The predicted octanol–water partition coefficient (Wildman–Crippen LogP) is 7.43. The van der Waals surface area contributed by atoms with Gasteiger partial charge >= 0.3 is 0 Å². The number of carbonyl (C=O) groups excluding carboxylic acids is 1. The molecule has 39 heavy (non-hydrogen) atoms. The van der Waals surface area contributed by atoms with Gasteiger partial charge in [0.05, 0.1) is 21.5 Å². The number of carbonyl (C=O) groups is 1.